The first kappa shape index (κ1) is 13.3. The van der Waals surface area contributed by atoms with Crippen LogP contribution in [0.4, 0.5) is 22.0 Å². The van der Waals surface area contributed by atoms with Crippen LogP contribution in [0.15, 0.2) is 11.1 Å². The van der Waals surface area contributed by atoms with E-state index in [2.05, 4.69) is 22.5 Å². The van der Waals surface area contributed by atoms with Gasteiger partial charge in [-0.1, -0.05) is 22.5 Å². The average Bonchev–Trinajstić information content (AvgIpc) is 1.97. The first-order chi connectivity index (χ1) is 6.09. The highest BCUT2D eigenvalue weighted by Crippen LogP contribution is 2.35. The number of halogens is 6. The molecule has 0 fully saturated rings. The molecule has 1 amide bonds. The van der Waals surface area contributed by atoms with Crippen LogP contribution in [0.3, 0.4) is 0 Å². The number of alkyl halides is 5. The van der Waals surface area contributed by atoms with Gasteiger partial charge in [0.1, 0.15) is 0 Å². The van der Waals surface area contributed by atoms with Crippen LogP contribution in [-0.2, 0) is 4.79 Å². The maximum atomic E-state index is 12.2. The lowest BCUT2D eigenvalue weighted by atomic mass is 10.3. The summed E-state index contributed by atoms with van der Waals surface area (Å²) in [5, 5.41) is 1.37. The zero-order valence-electron chi connectivity index (χ0n) is 6.59. The van der Waals surface area contributed by atoms with E-state index in [0.29, 0.717) is 0 Å². The number of amides is 1. The molecular weight excluding hydrogens is 277 g/mol. The predicted octanol–water partition coefficient (Wildman–Crippen LogP) is 2.21. The number of rotatable bonds is 3. The molecule has 0 radical (unpaired) electrons. The second kappa shape index (κ2) is 4.24. The fraction of sp³-hybridized carbons (Fsp3) is 0.500. The summed E-state index contributed by atoms with van der Waals surface area (Å²) >= 11 is 2.68. The largest absolute Gasteiger partial charge is 0.463 e. The first-order valence-corrected chi connectivity index (χ1v) is 3.94. The van der Waals surface area contributed by atoms with E-state index in [0.717, 1.165) is 0 Å². The molecule has 0 heterocycles. The summed E-state index contributed by atoms with van der Waals surface area (Å²) in [4.78, 5) is 10.4. The number of carbonyl (C=O) groups excluding carboxylic acids is 1. The molecule has 1 N–H and O–H groups in total. The molecule has 82 valence electrons. The maximum Gasteiger partial charge on any atom is 0.463 e. The molecule has 0 aliphatic carbocycles. The minimum atomic E-state index is -5.88. The Balaban J connectivity index is 4.45. The quantitative estimate of drug-likeness (QED) is 0.790. The molecule has 0 aromatic rings. The van der Waals surface area contributed by atoms with Gasteiger partial charge in [-0.25, -0.2) is 0 Å². The molecule has 0 aliphatic rings. The van der Waals surface area contributed by atoms with Crippen LogP contribution in [0.5, 0.6) is 0 Å². The van der Waals surface area contributed by atoms with Crippen molar-refractivity contribution in [2.24, 2.45) is 0 Å². The van der Waals surface area contributed by atoms with Gasteiger partial charge in [0.2, 0.25) is 0 Å². The SMILES string of the molecule is C=C(Br)CNC(=O)C(F)(F)C(F)(F)F. The van der Waals surface area contributed by atoms with Gasteiger partial charge in [-0.15, -0.1) is 0 Å². The van der Waals surface area contributed by atoms with Crippen molar-refractivity contribution in [3.63, 3.8) is 0 Å². The molecule has 0 aromatic carbocycles. The topological polar surface area (TPSA) is 29.1 Å². The van der Waals surface area contributed by atoms with Gasteiger partial charge in [-0.3, -0.25) is 4.79 Å². The highest BCUT2D eigenvalue weighted by molar-refractivity contribution is 9.11. The van der Waals surface area contributed by atoms with Crippen molar-refractivity contribution in [2.45, 2.75) is 12.1 Å². The van der Waals surface area contributed by atoms with Crippen molar-refractivity contribution in [1.82, 2.24) is 5.32 Å². The molecule has 0 aromatic heterocycles. The highest BCUT2D eigenvalue weighted by Gasteiger charge is 2.63. The first-order valence-electron chi connectivity index (χ1n) is 3.15. The van der Waals surface area contributed by atoms with Crippen molar-refractivity contribution in [3.05, 3.63) is 11.1 Å². The van der Waals surface area contributed by atoms with E-state index in [9.17, 15) is 26.7 Å². The van der Waals surface area contributed by atoms with E-state index in [-0.39, 0.29) is 4.48 Å². The Labute approximate surface area is 84.3 Å². The summed E-state index contributed by atoms with van der Waals surface area (Å²) in [6.07, 6.45) is -5.88. The Morgan fingerprint density at radius 3 is 2.00 bits per heavy atom. The summed E-state index contributed by atoms with van der Waals surface area (Å²) in [5.41, 5.74) is 0. The monoisotopic (exact) mass is 281 g/mol. The van der Waals surface area contributed by atoms with Crippen molar-refractivity contribution >= 4 is 21.8 Å². The van der Waals surface area contributed by atoms with Crippen LogP contribution in [0.25, 0.3) is 0 Å². The smallest absolute Gasteiger partial charge is 0.346 e. The Hall–Kier alpha value is -0.660. The van der Waals surface area contributed by atoms with E-state index >= 15 is 0 Å². The number of hydrogen-bond acceptors (Lipinski definition) is 1. The van der Waals surface area contributed by atoms with Gasteiger partial charge in [-0.2, -0.15) is 22.0 Å². The summed E-state index contributed by atoms with van der Waals surface area (Å²) in [6, 6.07) is 0. The van der Waals surface area contributed by atoms with Crippen LogP contribution < -0.4 is 5.32 Å². The van der Waals surface area contributed by atoms with Gasteiger partial charge in [0, 0.05) is 11.0 Å². The maximum absolute atomic E-state index is 12.2. The highest BCUT2D eigenvalue weighted by atomic mass is 79.9. The minimum absolute atomic E-state index is 0.0869. The lowest BCUT2D eigenvalue weighted by molar-refractivity contribution is -0.269. The molecule has 8 heteroatoms. The molecule has 0 aliphatic heterocycles. The van der Waals surface area contributed by atoms with E-state index < -0.39 is 24.6 Å². The second-order valence-electron chi connectivity index (χ2n) is 2.27. The Morgan fingerprint density at radius 2 is 1.71 bits per heavy atom. The van der Waals surface area contributed by atoms with Gasteiger partial charge in [-0.05, 0) is 0 Å². The van der Waals surface area contributed by atoms with Crippen LogP contribution in [-0.4, -0.2) is 24.6 Å². The molecule has 0 atom stereocenters. The molecular formula is C6H5BrF5NO. The minimum Gasteiger partial charge on any atom is -0.346 e. The Bertz CT molecular complexity index is 249. The molecule has 2 nitrogen and oxygen atoms in total. The average molecular weight is 282 g/mol. The molecule has 0 saturated carbocycles. The van der Waals surface area contributed by atoms with Crippen molar-refractivity contribution in [2.75, 3.05) is 6.54 Å². The van der Waals surface area contributed by atoms with Crippen LogP contribution in [0.1, 0.15) is 0 Å². The van der Waals surface area contributed by atoms with Crippen LogP contribution >= 0.6 is 15.9 Å². The third-order valence-electron chi connectivity index (χ3n) is 1.08. The summed E-state index contributed by atoms with van der Waals surface area (Å²) < 4.78 is 59.2. The van der Waals surface area contributed by atoms with Crippen LogP contribution in [0.2, 0.25) is 0 Å². The lowest BCUT2D eigenvalue weighted by Crippen LogP contribution is -2.50. The third-order valence-corrected chi connectivity index (χ3v) is 1.36. The second-order valence-corrected chi connectivity index (χ2v) is 3.39. The normalized spacial score (nSPS) is 12.4. The summed E-state index contributed by atoms with van der Waals surface area (Å²) in [6.45, 7) is 2.65. The molecule has 0 unspecified atom stereocenters. The summed E-state index contributed by atoms with van der Waals surface area (Å²) in [7, 11) is 0. The predicted molar refractivity (Wildman–Crippen MR) is 42.1 cm³/mol. The van der Waals surface area contributed by atoms with E-state index in [1.807, 2.05) is 0 Å². The molecule has 0 saturated heterocycles. The molecule has 14 heavy (non-hydrogen) atoms. The van der Waals surface area contributed by atoms with Gasteiger partial charge < -0.3 is 5.32 Å². The van der Waals surface area contributed by atoms with Gasteiger partial charge in [0.05, 0.1) is 0 Å². The Morgan fingerprint density at radius 1 is 1.29 bits per heavy atom. The van der Waals surface area contributed by atoms with Gasteiger partial charge >= 0.3 is 18.0 Å². The number of carbonyl (C=O) groups is 1. The fourth-order valence-corrected chi connectivity index (χ4v) is 0.556. The lowest BCUT2D eigenvalue weighted by Gasteiger charge is -2.18. The van der Waals surface area contributed by atoms with Crippen molar-refractivity contribution in [1.29, 1.82) is 0 Å². The van der Waals surface area contributed by atoms with Crippen molar-refractivity contribution < 1.29 is 26.7 Å². The fourth-order valence-electron chi connectivity index (χ4n) is 0.416. The summed E-state index contributed by atoms with van der Waals surface area (Å²) in [5.74, 6) is -7.78. The van der Waals surface area contributed by atoms with Crippen LogP contribution in [0, 0.1) is 0 Å². The van der Waals surface area contributed by atoms with Crippen molar-refractivity contribution in [3.8, 4) is 0 Å². The van der Waals surface area contributed by atoms with E-state index in [4.69, 9.17) is 0 Å². The molecule has 0 bridgehead atoms. The van der Waals surface area contributed by atoms with E-state index in [1.54, 1.807) is 0 Å². The number of hydrogen-bond donors (Lipinski definition) is 1. The molecule has 0 rings (SSSR count). The van der Waals surface area contributed by atoms with Gasteiger partial charge in [0.15, 0.2) is 0 Å². The van der Waals surface area contributed by atoms with Gasteiger partial charge in [0.25, 0.3) is 0 Å². The zero-order valence-corrected chi connectivity index (χ0v) is 8.18. The third kappa shape index (κ3) is 3.24. The molecule has 0 spiro atoms. The van der Waals surface area contributed by atoms with E-state index in [1.165, 1.54) is 5.32 Å². The number of nitrogens with one attached hydrogen (secondary N) is 1. The standard InChI is InChI=1S/C6H5BrF5NO/c1-3(7)2-13-4(14)5(8,9)6(10,11)12/h1-2H2,(H,13,14). The zero-order chi connectivity index (χ0) is 11.6. The Kier molecular flexibility index (Phi) is 4.04.